The summed E-state index contributed by atoms with van der Waals surface area (Å²) in [6.45, 7) is 5.44. The summed E-state index contributed by atoms with van der Waals surface area (Å²) in [6, 6.07) is 10.1. The van der Waals surface area contributed by atoms with Crippen LogP contribution in [0.3, 0.4) is 0 Å². The van der Waals surface area contributed by atoms with Gasteiger partial charge < -0.3 is 10.6 Å². The topological polar surface area (TPSA) is 45.4 Å². The molecule has 1 aliphatic heterocycles. The normalized spacial score (nSPS) is 18.2. The molecule has 1 saturated heterocycles. The van der Waals surface area contributed by atoms with Crippen molar-refractivity contribution in [1.29, 1.82) is 0 Å². The van der Waals surface area contributed by atoms with E-state index in [9.17, 15) is 0 Å². The molecule has 0 bridgehead atoms. The molecule has 0 amide bonds. The third-order valence-electron chi connectivity index (χ3n) is 4.00. The zero-order chi connectivity index (χ0) is 13.9. The van der Waals surface area contributed by atoms with Crippen molar-refractivity contribution in [3.8, 4) is 0 Å². The van der Waals surface area contributed by atoms with Crippen LogP contribution in [0.1, 0.15) is 12.1 Å². The highest BCUT2D eigenvalue weighted by atomic mass is 15.2. The molecule has 2 heterocycles. The number of benzene rings is 1. The lowest BCUT2D eigenvalue weighted by Gasteiger charge is -2.20. The fourth-order valence-corrected chi connectivity index (χ4v) is 2.83. The zero-order valence-electron chi connectivity index (χ0n) is 12.0. The quantitative estimate of drug-likeness (QED) is 0.906. The molecule has 1 aromatic carbocycles. The summed E-state index contributed by atoms with van der Waals surface area (Å²) in [5.74, 6) is 0. The summed E-state index contributed by atoms with van der Waals surface area (Å²) in [6.07, 6.45) is 1.22. The summed E-state index contributed by atoms with van der Waals surface area (Å²) in [5, 5.41) is 1.05. The van der Waals surface area contributed by atoms with E-state index in [0.717, 1.165) is 48.5 Å². The summed E-state index contributed by atoms with van der Waals surface area (Å²) < 4.78 is 0. The van der Waals surface area contributed by atoms with Crippen LogP contribution in [0.5, 0.6) is 0 Å². The van der Waals surface area contributed by atoms with E-state index in [4.69, 9.17) is 10.7 Å². The molecule has 4 heteroatoms. The van der Waals surface area contributed by atoms with Crippen molar-refractivity contribution in [2.45, 2.75) is 13.0 Å². The van der Waals surface area contributed by atoms with Crippen molar-refractivity contribution < 1.29 is 0 Å². The maximum Gasteiger partial charge on any atom is 0.0726 e. The summed E-state index contributed by atoms with van der Waals surface area (Å²) >= 11 is 0. The molecule has 0 spiro atoms. The second kappa shape index (κ2) is 5.77. The first-order chi connectivity index (χ1) is 9.72. The number of para-hydroxylation sites is 1. The van der Waals surface area contributed by atoms with Gasteiger partial charge in [0.05, 0.1) is 11.2 Å². The Hall–Kier alpha value is -1.65. The largest absolute Gasteiger partial charge is 0.398 e. The lowest BCUT2D eigenvalue weighted by Crippen LogP contribution is -2.28. The van der Waals surface area contributed by atoms with Crippen LogP contribution in [0.15, 0.2) is 30.3 Å². The van der Waals surface area contributed by atoms with Gasteiger partial charge in [-0.25, -0.2) is 0 Å². The number of hydrogen-bond acceptors (Lipinski definition) is 4. The first kappa shape index (κ1) is 13.3. The second-order valence-electron chi connectivity index (χ2n) is 5.65. The first-order valence-electron chi connectivity index (χ1n) is 7.27. The number of fused-ring (bicyclic) bond motifs is 1. The van der Waals surface area contributed by atoms with Gasteiger partial charge in [-0.3, -0.25) is 9.88 Å². The maximum atomic E-state index is 6.15. The van der Waals surface area contributed by atoms with Crippen LogP contribution in [0.4, 0.5) is 5.69 Å². The number of hydrogen-bond donors (Lipinski definition) is 1. The van der Waals surface area contributed by atoms with Gasteiger partial charge in [-0.1, -0.05) is 18.2 Å². The van der Waals surface area contributed by atoms with Gasteiger partial charge in [0.25, 0.3) is 0 Å². The average molecular weight is 270 g/mol. The lowest BCUT2D eigenvalue weighted by molar-refractivity contribution is 0.267. The average Bonchev–Trinajstić information content (AvgIpc) is 2.64. The number of nitrogens with two attached hydrogens (primary N) is 1. The minimum atomic E-state index is 0.831. The van der Waals surface area contributed by atoms with E-state index in [1.165, 1.54) is 13.0 Å². The van der Waals surface area contributed by atoms with E-state index >= 15 is 0 Å². The molecular weight excluding hydrogens is 248 g/mol. The number of pyridine rings is 1. The standard InChI is InChI=1S/C16H22N4/c1-19-7-4-8-20(10-9-19)12-13-11-15(17)14-5-2-3-6-16(14)18-13/h2-3,5-6,11H,4,7-10,12H2,1H3,(H2,17,18). The number of anilines is 1. The molecule has 0 saturated carbocycles. The van der Waals surface area contributed by atoms with E-state index in [-0.39, 0.29) is 0 Å². The van der Waals surface area contributed by atoms with Crippen molar-refractivity contribution in [2.24, 2.45) is 0 Å². The highest BCUT2D eigenvalue weighted by molar-refractivity contribution is 5.90. The molecular formula is C16H22N4. The van der Waals surface area contributed by atoms with Crippen molar-refractivity contribution in [3.63, 3.8) is 0 Å². The lowest BCUT2D eigenvalue weighted by atomic mass is 10.1. The Morgan fingerprint density at radius 1 is 1.15 bits per heavy atom. The Balaban J connectivity index is 1.80. The Morgan fingerprint density at radius 2 is 2.00 bits per heavy atom. The number of rotatable bonds is 2. The minimum Gasteiger partial charge on any atom is -0.398 e. The van der Waals surface area contributed by atoms with Crippen LogP contribution in [-0.2, 0) is 6.54 Å². The van der Waals surface area contributed by atoms with Crippen LogP contribution in [-0.4, -0.2) is 48.0 Å². The Morgan fingerprint density at radius 3 is 2.90 bits per heavy atom. The van der Waals surface area contributed by atoms with Gasteiger partial charge in [0.1, 0.15) is 0 Å². The summed E-state index contributed by atoms with van der Waals surface area (Å²) in [4.78, 5) is 9.61. The maximum absolute atomic E-state index is 6.15. The first-order valence-corrected chi connectivity index (χ1v) is 7.27. The molecule has 1 aromatic heterocycles. The Kier molecular flexibility index (Phi) is 3.85. The van der Waals surface area contributed by atoms with Gasteiger partial charge in [0, 0.05) is 30.7 Å². The number of nitrogen functional groups attached to an aromatic ring is 1. The molecule has 20 heavy (non-hydrogen) atoms. The van der Waals surface area contributed by atoms with Crippen LogP contribution < -0.4 is 5.73 Å². The number of likely N-dealkylation sites (N-methyl/N-ethyl adjacent to an activating group) is 1. The monoisotopic (exact) mass is 270 g/mol. The van der Waals surface area contributed by atoms with Crippen molar-refractivity contribution >= 4 is 16.6 Å². The fourth-order valence-electron chi connectivity index (χ4n) is 2.83. The predicted octanol–water partition coefficient (Wildman–Crippen LogP) is 1.95. The highest BCUT2D eigenvalue weighted by Gasteiger charge is 2.13. The van der Waals surface area contributed by atoms with Crippen LogP contribution in [0.25, 0.3) is 10.9 Å². The van der Waals surface area contributed by atoms with Gasteiger partial charge in [-0.15, -0.1) is 0 Å². The molecule has 2 aromatic rings. The highest BCUT2D eigenvalue weighted by Crippen LogP contribution is 2.21. The number of aromatic nitrogens is 1. The zero-order valence-corrected chi connectivity index (χ0v) is 12.0. The van der Waals surface area contributed by atoms with Gasteiger partial charge in [0.2, 0.25) is 0 Å². The molecule has 3 rings (SSSR count). The van der Waals surface area contributed by atoms with E-state index in [1.807, 2.05) is 30.3 Å². The SMILES string of the molecule is CN1CCCN(Cc2cc(N)c3ccccc3n2)CC1. The molecule has 1 aliphatic rings. The summed E-state index contributed by atoms with van der Waals surface area (Å²) in [7, 11) is 2.19. The van der Waals surface area contributed by atoms with E-state index < -0.39 is 0 Å². The number of nitrogens with zero attached hydrogens (tertiary/aromatic N) is 3. The van der Waals surface area contributed by atoms with Crippen molar-refractivity contribution in [1.82, 2.24) is 14.8 Å². The molecule has 4 nitrogen and oxygen atoms in total. The van der Waals surface area contributed by atoms with Gasteiger partial charge in [0.15, 0.2) is 0 Å². The molecule has 0 radical (unpaired) electrons. The fraction of sp³-hybridized carbons (Fsp3) is 0.438. The van der Waals surface area contributed by atoms with Crippen molar-refractivity contribution in [3.05, 3.63) is 36.0 Å². The van der Waals surface area contributed by atoms with E-state index in [1.54, 1.807) is 0 Å². The van der Waals surface area contributed by atoms with Crippen LogP contribution >= 0.6 is 0 Å². The Bertz CT molecular complexity index is 596. The van der Waals surface area contributed by atoms with Gasteiger partial charge in [-0.2, -0.15) is 0 Å². The molecule has 0 atom stereocenters. The molecule has 106 valence electrons. The van der Waals surface area contributed by atoms with Gasteiger partial charge >= 0.3 is 0 Å². The third kappa shape index (κ3) is 2.92. The molecule has 0 aliphatic carbocycles. The third-order valence-corrected chi connectivity index (χ3v) is 4.00. The smallest absolute Gasteiger partial charge is 0.0726 e. The molecule has 1 fully saturated rings. The second-order valence-corrected chi connectivity index (χ2v) is 5.65. The predicted molar refractivity (Wildman–Crippen MR) is 83.5 cm³/mol. The van der Waals surface area contributed by atoms with Crippen LogP contribution in [0, 0.1) is 0 Å². The minimum absolute atomic E-state index is 0.831. The van der Waals surface area contributed by atoms with E-state index in [2.05, 4.69) is 16.8 Å². The summed E-state index contributed by atoms with van der Waals surface area (Å²) in [5.41, 5.74) is 9.05. The van der Waals surface area contributed by atoms with Crippen LogP contribution in [0.2, 0.25) is 0 Å². The molecule has 0 unspecified atom stereocenters. The van der Waals surface area contributed by atoms with Gasteiger partial charge in [-0.05, 0) is 38.7 Å². The Labute approximate surface area is 120 Å². The van der Waals surface area contributed by atoms with E-state index in [0.29, 0.717) is 0 Å². The van der Waals surface area contributed by atoms with Crippen molar-refractivity contribution in [2.75, 3.05) is 39.0 Å². The molecule has 2 N–H and O–H groups in total.